The normalized spacial score (nSPS) is 20.2. The third kappa shape index (κ3) is 2.98. The van der Waals surface area contributed by atoms with Crippen molar-refractivity contribution >= 4 is 29.1 Å². The number of amides is 2. The smallest absolute Gasteiger partial charge is 0.237 e. The molecule has 7 heteroatoms. The lowest BCUT2D eigenvalue weighted by Gasteiger charge is -2.23. The van der Waals surface area contributed by atoms with Crippen molar-refractivity contribution in [1.29, 1.82) is 0 Å². The van der Waals surface area contributed by atoms with Crippen molar-refractivity contribution in [3.8, 4) is 11.5 Å². The number of methoxy groups -OCH3 is 2. The molecule has 0 radical (unpaired) electrons. The van der Waals surface area contributed by atoms with E-state index in [9.17, 15) is 9.59 Å². The molecule has 6 nitrogen and oxygen atoms in total. The van der Waals surface area contributed by atoms with Crippen LogP contribution in [0.2, 0.25) is 5.02 Å². The molecule has 0 saturated carbocycles. The molecule has 28 heavy (non-hydrogen) atoms. The SMILES string of the molecule is COc1ccc(CC(=O)N2CCC3(C2)C(=O)Nc2ccc(OC)cc23)c(Cl)c1. The predicted molar refractivity (Wildman–Crippen MR) is 106 cm³/mol. The number of carbonyl (C=O) groups is 2. The van der Waals surface area contributed by atoms with Gasteiger partial charge in [-0.25, -0.2) is 0 Å². The lowest BCUT2D eigenvalue weighted by Crippen LogP contribution is -2.39. The van der Waals surface area contributed by atoms with Crippen molar-refractivity contribution in [3.63, 3.8) is 0 Å². The molecule has 1 saturated heterocycles. The minimum absolute atomic E-state index is 0.0481. The number of carbonyl (C=O) groups excluding carboxylic acids is 2. The van der Waals surface area contributed by atoms with E-state index in [1.54, 1.807) is 37.3 Å². The van der Waals surface area contributed by atoms with Crippen LogP contribution in [0.3, 0.4) is 0 Å². The molecular weight excluding hydrogens is 380 g/mol. The Hall–Kier alpha value is -2.73. The average molecular weight is 401 g/mol. The summed E-state index contributed by atoms with van der Waals surface area (Å²) in [6.07, 6.45) is 0.770. The van der Waals surface area contributed by atoms with Crippen LogP contribution >= 0.6 is 11.6 Å². The third-order valence-corrected chi connectivity index (χ3v) is 6.00. The third-order valence-electron chi connectivity index (χ3n) is 5.65. The summed E-state index contributed by atoms with van der Waals surface area (Å²) in [5.74, 6) is 1.24. The maximum Gasteiger partial charge on any atom is 0.237 e. The fourth-order valence-electron chi connectivity index (χ4n) is 4.02. The van der Waals surface area contributed by atoms with Crippen molar-refractivity contribution in [2.75, 3.05) is 32.6 Å². The minimum atomic E-state index is -0.719. The Balaban J connectivity index is 1.54. The van der Waals surface area contributed by atoms with Gasteiger partial charge in [0.25, 0.3) is 0 Å². The maximum atomic E-state index is 12.9. The van der Waals surface area contributed by atoms with Gasteiger partial charge in [0.1, 0.15) is 11.5 Å². The van der Waals surface area contributed by atoms with Crippen LogP contribution in [0, 0.1) is 0 Å². The van der Waals surface area contributed by atoms with Crippen LogP contribution in [0.1, 0.15) is 17.5 Å². The lowest BCUT2D eigenvalue weighted by molar-refractivity contribution is -0.129. The highest BCUT2D eigenvalue weighted by Crippen LogP contribution is 2.45. The number of likely N-dealkylation sites (tertiary alicyclic amines) is 1. The highest BCUT2D eigenvalue weighted by molar-refractivity contribution is 6.31. The number of anilines is 1. The number of hydrogen-bond donors (Lipinski definition) is 1. The first-order valence-electron chi connectivity index (χ1n) is 9.07. The van der Waals surface area contributed by atoms with Crippen molar-refractivity contribution in [2.45, 2.75) is 18.3 Å². The molecule has 146 valence electrons. The summed E-state index contributed by atoms with van der Waals surface area (Å²) in [7, 11) is 3.17. The summed E-state index contributed by atoms with van der Waals surface area (Å²) < 4.78 is 10.5. The summed E-state index contributed by atoms with van der Waals surface area (Å²) in [5, 5.41) is 3.44. The minimum Gasteiger partial charge on any atom is -0.497 e. The van der Waals surface area contributed by atoms with Crippen molar-refractivity contribution in [3.05, 3.63) is 52.5 Å². The number of hydrogen-bond acceptors (Lipinski definition) is 4. The van der Waals surface area contributed by atoms with Gasteiger partial charge in [0.2, 0.25) is 11.8 Å². The molecule has 1 fully saturated rings. The topological polar surface area (TPSA) is 67.9 Å². The summed E-state index contributed by atoms with van der Waals surface area (Å²) in [6, 6.07) is 10.8. The van der Waals surface area contributed by atoms with E-state index < -0.39 is 5.41 Å². The van der Waals surface area contributed by atoms with Crippen LogP contribution in [-0.2, 0) is 21.4 Å². The van der Waals surface area contributed by atoms with Crippen LogP contribution in [0.4, 0.5) is 5.69 Å². The zero-order chi connectivity index (χ0) is 19.9. The van der Waals surface area contributed by atoms with Gasteiger partial charge >= 0.3 is 0 Å². The van der Waals surface area contributed by atoms with E-state index in [0.29, 0.717) is 36.0 Å². The van der Waals surface area contributed by atoms with Gasteiger partial charge in [-0.15, -0.1) is 0 Å². The van der Waals surface area contributed by atoms with Gasteiger partial charge in [0.05, 0.1) is 26.1 Å². The number of fused-ring (bicyclic) bond motifs is 2. The van der Waals surface area contributed by atoms with Crippen LogP contribution in [0.15, 0.2) is 36.4 Å². The molecule has 1 atom stereocenters. The maximum absolute atomic E-state index is 12.9. The van der Waals surface area contributed by atoms with Crippen LogP contribution < -0.4 is 14.8 Å². The van der Waals surface area contributed by atoms with Crippen molar-refractivity contribution < 1.29 is 19.1 Å². The van der Waals surface area contributed by atoms with Gasteiger partial charge < -0.3 is 19.7 Å². The first-order chi connectivity index (χ1) is 13.5. The van der Waals surface area contributed by atoms with Crippen LogP contribution in [-0.4, -0.2) is 44.0 Å². The molecule has 1 N–H and O–H groups in total. The van der Waals surface area contributed by atoms with Gasteiger partial charge in [0, 0.05) is 23.8 Å². The van der Waals surface area contributed by atoms with E-state index in [4.69, 9.17) is 21.1 Å². The molecule has 2 heterocycles. The second-order valence-corrected chi connectivity index (χ2v) is 7.55. The Morgan fingerprint density at radius 2 is 1.89 bits per heavy atom. The number of nitrogens with zero attached hydrogens (tertiary/aromatic N) is 1. The van der Waals surface area contributed by atoms with E-state index in [1.807, 2.05) is 18.2 Å². The molecule has 0 aromatic heterocycles. The number of rotatable bonds is 4. The van der Waals surface area contributed by atoms with E-state index in [-0.39, 0.29) is 18.2 Å². The number of nitrogens with one attached hydrogen (secondary N) is 1. The number of halogens is 1. The van der Waals surface area contributed by atoms with E-state index in [2.05, 4.69) is 5.32 Å². The number of benzene rings is 2. The van der Waals surface area contributed by atoms with Gasteiger partial charge in [-0.3, -0.25) is 9.59 Å². The molecule has 2 aliphatic rings. The van der Waals surface area contributed by atoms with E-state index >= 15 is 0 Å². The summed E-state index contributed by atoms with van der Waals surface area (Å²) >= 11 is 6.27. The van der Waals surface area contributed by atoms with Gasteiger partial charge in [-0.1, -0.05) is 17.7 Å². The number of ether oxygens (including phenoxy) is 2. The Labute approximate surface area is 168 Å². The molecule has 0 bridgehead atoms. The van der Waals surface area contributed by atoms with Crippen LogP contribution in [0.25, 0.3) is 0 Å². The average Bonchev–Trinajstić information content (AvgIpc) is 3.26. The molecule has 1 unspecified atom stereocenters. The van der Waals surface area contributed by atoms with Gasteiger partial charge in [-0.2, -0.15) is 0 Å². The van der Waals surface area contributed by atoms with Gasteiger partial charge in [-0.05, 0) is 47.9 Å². The monoisotopic (exact) mass is 400 g/mol. The Bertz CT molecular complexity index is 961. The van der Waals surface area contributed by atoms with Gasteiger partial charge in [0.15, 0.2) is 0 Å². The van der Waals surface area contributed by atoms with E-state index in [0.717, 1.165) is 16.8 Å². The summed E-state index contributed by atoms with van der Waals surface area (Å²) in [6.45, 7) is 0.877. The zero-order valence-electron chi connectivity index (χ0n) is 15.8. The first-order valence-corrected chi connectivity index (χ1v) is 9.45. The Morgan fingerprint density at radius 1 is 1.18 bits per heavy atom. The van der Waals surface area contributed by atoms with E-state index in [1.165, 1.54) is 0 Å². The highest BCUT2D eigenvalue weighted by atomic mass is 35.5. The quantitative estimate of drug-likeness (QED) is 0.856. The highest BCUT2D eigenvalue weighted by Gasteiger charge is 2.52. The lowest BCUT2D eigenvalue weighted by atomic mass is 9.81. The van der Waals surface area contributed by atoms with Crippen molar-refractivity contribution in [2.24, 2.45) is 0 Å². The molecule has 2 aliphatic heterocycles. The van der Waals surface area contributed by atoms with Crippen molar-refractivity contribution in [1.82, 2.24) is 4.90 Å². The Kier molecular flexibility index (Phi) is 4.67. The molecule has 2 aromatic carbocycles. The second-order valence-electron chi connectivity index (χ2n) is 7.15. The molecule has 2 amide bonds. The largest absolute Gasteiger partial charge is 0.497 e. The second kappa shape index (κ2) is 7.02. The molecular formula is C21H21ClN2O4. The summed E-state index contributed by atoms with van der Waals surface area (Å²) in [4.78, 5) is 27.4. The predicted octanol–water partition coefficient (Wildman–Crippen LogP) is 3.02. The molecule has 2 aromatic rings. The van der Waals surface area contributed by atoms with Crippen LogP contribution in [0.5, 0.6) is 11.5 Å². The zero-order valence-corrected chi connectivity index (χ0v) is 16.5. The fraction of sp³-hybridized carbons (Fsp3) is 0.333. The fourth-order valence-corrected chi connectivity index (χ4v) is 4.26. The molecule has 0 aliphatic carbocycles. The first kappa shape index (κ1) is 18.6. The summed E-state index contributed by atoms with van der Waals surface area (Å²) in [5.41, 5.74) is 1.71. The Morgan fingerprint density at radius 3 is 2.61 bits per heavy atom. The standard InChI is InChI=1S/C21H21ClN2O4/c1-27-14-5-6-18-16(10-14)21(20(26)23-18)7-8-24(12-21)19(25)9-13-3-4-15(28-2)11-17(13)22/h3-6,10-11H,7-9,12H2,1-2H3,(H,23,26). The molecule has 1 spiro atoms. The molecule has 4 rings (SSSR count).